The summed E-state index contributed by atoms with van der Waals surface area (Å²) < 4.78 is 1.50. The van der Waals surface area contributed by atoms with E-state index in [1.165, 1.54) is 4.68 Å². The average Bonchev–Trinajstić information content (AvgIpc) is 2.56. The number of aromatic nitrogens is 2. The first kappa shape index (κ1) is 14.5. The van der Waals surface area contributed by atoms with Crippen molar-refractivity contribution in [2.75, 3.05) is 18.9 Å². The van der Waals surface area contributed by atoms with Crippen molar-refractivity contribution in [2.24, 2.45) is 0 Å². The number of nitrogens with one attached hydrogen (secondary N) is 1. The number of hydrogen-bond donors (Lipinski definition) is 4. The monoisotopic (exact) mass is 256 g/mol. The average molecular weight is 256 g/mol. The number of hydrogen-bond acceptors (Lipinski definition) is 5. The van der Waals surface area contributed by atoms with Crippen molar-refractivity contribution < 1.29 is 15.0 Å². The molecule has 0 spiro atoms. The first-order valence-electron chi connectivity index (χ1n) is 5.65. The van der Waals surface area contributed by atoms with Crippen molar-refractivity contribution in [3.63, 3.8) is 0 Å². The number of anilines is 1. The largest absolute Gasteiger partial charge is 0.396 e. The number of rotatable bonds is 5. The van der Waals surface area contributed by atoms with Crippen LogP contribution < -0.4 is 11.1 Å². The van der Waals surface area contributed by atoms with Gasteiger partial charge in [-0.25, -0.2) is 0 Å². The van der Waals surface area contributed by atoms with Gasteiger partial charge in [-0.1, -0.05) is 0 Å². The fourth-order valence-corrected chi connectivity index (χ4v) is 1.51. The SMILES string of the molecule is Cc1nn(CC(=O)NC(C)(CO)CO)c(C)c1N. The maximum Gasteiger partial charge on any atom is 0.242 e. The van der Waals surface area contributed by atoms with Gasteiger partial charge in [0.1, 0.15) is 6.54 Å². The fourth-order valence-electron chi connectivity index (χ4n) is 1.51. The Morgan fingerprint density at radius 3 is 2.39 bits per heavy atom. The molecule has 0 aliphatic carbocycles. The third kappa shape index (κ3) is 2.99. The quantitative estimate of drug-likeness (QED) is 0.536. The Balaban J connectivity index is 2.73. The van der Waals surface area contributed by atoms with Crippen LogP contribution in [0.1, 0.15) is 18.3 Å². The summed E-state index contributed by atoms with van der Waals surface area (Å²) in [5.41, 5.74) is 6.69. The molecule has 1 rings (SSSR count). The van der Waals surface area contributed by atoms with Gasteiger partial charge in [-0.15, -0.1) is 0 Å². The summed E-state index contributed by atoms with van der Waals surface area (Å²) in [7, 11) is 0. The number of carbonyl (C=O) groups excluding carboxylic acids is 1. The summed E-state index contributed by atoms with van der Waals surface area (Å²) in [4.78, 5) is 11.8. The van der Waals surface area contributed by atoms with Crippen LogP contribution in [0.5, 0.6) is 0 Å². The summed E-state index contributed by atoms with van der Waals surface area (Å²) in [6.07, 6.45) is 0. The minimum Gasteiger partial charge on any atom is -0.396 e. The lowest BCUT2D eigenvalue weighted by Gasteiger charge is -2.26. The highest BCUT2D eigenvalue weighted by Gasteiger charge is 2.25. The summed E-state index contributed by atoms with van der Waals surface area (Å²) >= 11 is 0. The van der Waals surface area contributed by atoms with E-state index in [1.54, 1.807) is 20.8 Å². The van der Waals surface area contributed by atoms with Crippen LogP contribution in [-0.4, -0.2) is 44.7 Å². The summed E-state index contributed by atoms with van der Waals surface area (Å²) in [5, 5.41) is 24.9. The number of nitrogens with zero attached hydrogens (tertiary/aromatic N) is 2. The van der Waals surface area contributed by atoms with E-state index >= 15 is 0 Å². The smallest absolute Gasteiger partial charge is 0.242 e. The van der Waals surface area contributed by atoms with Gasteiger partial charge in [-0.05, 0) is 20.8 Å². The van der Waals surface area contributed by atoms with Crippen LogP contribution in [0.25, 0.3) is 0 Å². The van der Waals surface area contributed by atoms with Gasteiger partial charge < -0.3 is 21.3 Å². The maximum atomic E-state index is 11.8. The zero-order valence-corrected chi connectivity index (χ0v) is 10.9. The Labute approximate surface area is 106 Å². The second-order valence-electron chi connectivity index (χ2n) is 4.67. The predicted octanol–water partition coefficient (Wildman–Crippen LogP) is -1.06. The lowest BCUT2D eigenvalue weighted by Crippen LogP contribution is -2.52. The molecule has 0 unspecified atom stereocenters. The van der Waals surface area contributed by atoms with E-state index in [0.29, 0.717) is 11.4 Å². The summed E-state index contributed by atoms with van der Waals surface area (Å²) in [5.74, 6) is -0.341. The molecule has 1 heterocycles. The molecule has 0 atom stereocenters. The van der Waals surface area contributed by atoms with Crippen LogP contribution in [-0.2, 0) is 11.3 Å². The topological polar surface area (TPSA) is 113 Å². The van der Waals surface area contributed by atoms with E-state index in [2.05, 4.69) is 10.4 Å². The van der Waals surface area contributed by atoms with Crippen molar-refractivity contribution in [3.8, 4) is 0 Å². The second kappa shape index (κ2) is 5.36. The van der Waals surface area contributed by atoms with Crippen LogP contribution in [0.3, 0.4) is 0 Å². The molecule has 1 aromatic heterocycles. The van der Waals surface area contributed by atoms with Gasteiger partial charge in [0.05, 0.1) is 35.8 Å². The second-order valence-corrected chi connectivity index (χ2v) is 4.67. The number of nitrogens with two attached hydrogens (primary N) is 1. The van der Waals surface area contributed by atoms with Crippen LogP contribution in [0, 0.1) is 13.8 Å². The number of nitrogen functional groups attached to an aromatic ring is 1. The van der Waals surface area contributed by atoms with Crippen LogP contribution in [0.4, 0.5) is 5.69 Å². The van der Waals surface area contributed by atoms with Crippen molar-refractivity contribution >= 4 is 11.6 Å². The van der Waals surface area contributed by atoms with Gasteiger partial charge in [0, 0.05) is 0 Å². The predicted molar refractivity (Wildman–Crippen MR) is 66.8 cm³/mol. The fraction of sp³-hybridized carbons (Fsp3) is 0.636. The van der Waals surface area contributed by atoms with Crippen LogP contribution >= 0.6 is 0 Å². The third-order valence-electron chi connectivity index (χ3n) is 2.87. The van der Waals surface area contributed by atoms with Gasteiger partial charge >= 0.3 is 0 Å². The number of carbonyl (C=O) groups is 1. The van der Waals surface area contributed by atoms with E-state index < -0.39 is 5.54 Å². The molecule has 0 radical (unpaired) electrons. The highest BCUT2D eigenvalue weighted by molar-refractivity contribution is 5.76. The molecule has 0 aliphatic rings. The van der Waals surface area contributed by atoms with Gasteiger partial charge in [0.25, 0.3) is 0 Å². The molecular weight excluding hydrogens is 236 g/mol. The van der Waals surface area contributed by atoms with Gasteiger partial charge in [0.15, 0.2) is 0 Å². The minimum atomic E-state index is -1.03. The van der Waals surface area contributed by atoms with E-state index in [9.17, 15) is 4.79 Å². The first-order valence-corrected chi connectivity index (χ1v) is 5.65. The number of amides is 1. The van der Waals surface area contributed by atoms with Crippen molar-refractivity contribution in [3.05, 3.63) is 11.4 Å². The van der Waals surface area contributed by atoms with E-state index in [4.69, 9.17) is 15.9 Å². The van der Waals surface area contributed by atoms with Crippen molar-refractivity contribution in [1.29, 1.82) is 0 Å². The minimum absolute atomic E-state index is 0.000532. The molecule has 0 aliphatic heterocycles. The Morgan fingerprint density at radius 2 is 2.00 bits per heavy atom. The van der Waals surface area contributed by atoms with Crippen LogP contribution in [0.15, 0.2) is 0 Å². The Kier molecular flexibility index (Phi) is 4.31. The molecule has 5 N–H and O–H groups in total. The molecule has 1 aromatic rings. The number of aliphatic hydroxyl groups excluding tert-OH is 2. The molecule has 0 saturated heterocycles. The molecule has 0 saturated carbocycles. The zero-order valence-electron chi connectivity index (χ0n) is 10.9. The molecule has 7 heteroatoms. The Hall–Kier alpha value is -1.60. The van der Waals surface area contributed by atoms with Crippen molar-refractivity contribution in [2.45, 2.75) is 32.9 Å². The molecule has 0 bridgehead atoms. The van der Waals surface area contributed by atoms with E-state index in [1.807, 2.05) is 0 Å². The molecule has 7 nitrogen and oxygen atoms in total. The normalized spacial score (nSPS) is 11.6. The Morgan fingerprint density at radius 1 is 1.44 bits per heavy atom. The van der Waals surface area contributed by atoms with Crippen molar-refractivity contribution in [1.82, 2.24) is 15.1 Å². The third-order valence-corrected chi connectivity index (χ3v) is 2.87. The molecule has 1 amide bonds. The van der Waals surface area contributed by atoms with Gasteiger partial charge in [-0.3, -0.25) is 9.48 Å². The standard InChI is InChI=1S/C11H20N4O3/c1-7-10(12)8(2)15(14-7)4-9(18)13-11(3,5-16)6-17/h16-17H,4-6,12H2,1-3H3,(H,13,18). The zero-order chi connectivity index (χ0) is 13.9. The molecule has 0 aromatic carbocycles. The lowest BCUT2D eigenvalue weighted by atomic mass is 10.1. The summed E-state index contributed by atoms with van der Waals surface area (Å²) in [6, 6.07) is 0. The summed E-state index contributed by atoms with van der Waals surface area (Å²) in [6.45, 7) is 4.42. The Bertz CT molecular complexity index is 438. The molecular formula is C11H20N4O3. The maximum absolute atomic E-state index is 11.8. The number of aliphatic hydroxyl groups is 2. The molecule has 18 heavy (non-hydrogen) atoms. The lowest BCUT2D eigenvalue weighted by molar-refractivity contribution is -0.124. The molecule has 102 valence electrons. The van der Waals surface area contributed by atoms with Gasteiger partial charge in [-0.2, -0.15) is 5.10 Å². The van der Waals surface area contributed by atoms with Crippen LogP contribution in [0.2, 0.25) is 0 Å². The first-order chi connectivity index (χ1) is 8.33. The van der Waals surface area contributed by atoms with E-state index in [-0.39, 0.29) is 25.7 Å². The van der Waals surface area contributed by atoms with E-state index in [0.717, 1.165) is 5.69 Å². The molecule has 0 fully saturated rings. The highest BCUT2D eigenvalue weighted by atomic mass is 16.3. The highest BCUT2D eigenvalue weighted by Crippen LogP contribution is 2.14. The van der Waals surface area contributed by atoms with Gasteiger partial charge in [0.2, 0.25) is 5.91 Å². The number of aryl methyl sites for hydroxylation is 1.